The van der Waals surface area contributed by atoms with Gasteiger partial charge >= 0.3 is 0 Å². The summed E-state index contributed by atoms with van der Waals surface area (Å²) in [6.07, 6.45) is 1.67. The molecule has 0 aliphatic rings. The number of rotatable bonds is 2. The molecule has 0 spiro atoms. The zero-order chi connectivity index (χ0) is 14.0. The molecule has 6 heteroatoms. The molecule has 0 radical (unpaired) electrons. The van der Waals surface area contributed by atoms with E-state index in [4.69, 9.17) is 51.7 Å². The van der Waals surface area contributed by atoms with Crippen molar-refractivity contribution in [2.75, 3.05) is 0 Å². The number of aromatic nitrogens is 1. The van der Waals surface area contributed by atoms with Gasteiger partial charge in [0.15, 0.2) is 0 Å². The molecule has 19 heavy (non-hydrogen) atoms. The Morgan fingerprint density at radius 1 is 1.05 bits per heavy atom. The lowest BCUT2D eigenvalue weighted by atomic mass is 10.0. The first-order chi connectivity index (χ1) is 9.02. The van der Waals surface area contributed by atoms with Crippen molar-refractivity contribution in [1.82, 2.24) is 4.98 Å². The normalized spacial score (nSPS) is 10.3. The molecule has 0 atom stereocenters. The van der Waals surface area contributed by atoms with Gasteiger partial charge in [-0.2, -0.15) is 5.26 Å². The standard InChI is InChI=1S/C13H6Cl4N2/c14-8-5-9(12(1-2-18)19-6-8)7-3-10(15)13(17)11(16)4-7/h3-6H,1H2. The fourth-order valence-corrected chi connectivity index (χ4v) is 2.40. The lowest BCUT2D eigenvalue weighted by Crippen LogP contribution is -1.93. The summed E-state index contributed by atoms with van der Waals surface area (Å²) in [6.45, 7) is 0. The Morgan fingerprint density at radius 2 is 1.68 bits per heavy atom. The third-order valence-corrected chi connectivity index (χ3v) is 3.88. The molecule has 0 aliphatic heterocycles. The number of hydrogen-bond acceptors (Lipinski definition) is 2. The molecule has 2 aromatic rings. The van der Waals surface area contributed by atoms with Crippen LogP contribution in [-0.4, -0.2) is 4.98 Å². The van der Waals surface area contributed by atoms with Gasteiger partial charge in [0, 0.05) is 11.8 Å². The van der Waals surface area contributed by atoms with Gasteiger partial charge in [-0.05, 0) is 23.8 Å². The van der Waals surface area contributed by atoms with Crippen LogP contribution in [0.3, 0.4) is 0 Å². The van der Waals surface area contributed by atoms with Gasteiger partial charge in [-0.3, -0.25) is 4.98 Å². The highest BCUT2D eigenvalue weighted by atomic mass is 35.5. The first-order valence-electron chi connectivity index (χ1n) is 5.19. The summed E-state index contributed by atoms with van der Waals surface area (Å²) in [6, 6.07) is 7.12. The maximum atomic E-state index is 8.82. The van der Waals surface area contributed by atoms with E-state index < -0.39 is 0 Å². The Balaban J connectivity index is 2.64. The van der Waals surface area contributed by atoms with Gasteiger partial charge in [0.1, 0.15) is 0 Å². The van der Waals surface area contributed by atoms with Crippen LogP contribution in [0.5, 0.6) is 0 Å². The van der Waals surface area contributed by atoms with Crippen LogP contribution in [0.2, 0.25) is 20.1 Å². The van der Waals surface area contributed by atoms with Gasteiger partial charge in [-0.1, -0.05) is 46.4 Å². The summed E-state index contributed by atoms with van der Waals surface area (Å²) in [5.41, 5.74) is 2.05. The van der Waals surface area contributed by atoms with Crippen LogP contribution in [0.15, 0.2) is 24.4 Å². The van der Waals surface area contributed by atoms with Crippen LogP contribution in [0.25, 0.3) is 11.1 Å². The van der Waals surface area contributed by atoms with E-state index in [0.717, 1.165) is 11.1 Å². The molecule has 2 rings (SSSR count). The molecular formula is C13H6Cl4N2. The first-order valence-corrected chi connectivity index (χ1v) is 6.70. The zero-order valence-corrected chi connectivity index (χ0v) is 12.4. The predicted molar refractivity (Wildman–Crippen MR) is 79.0 cm³/mol. The molecule has 1 aromatic carbocycles. The number of nitrogens with zero attached hydrogens (tertiary/aromatic N) is 2. The summed E-state index contributed by atoms with van der Waals surface area (Å²) in [4.78, 5) is 4.15. The lowest BCUT2D eigenvalue weighted by molar-refractivity contribution is 1.12. The van der Waals surface area contributed by atoms with Gasteiger partial charge in [-0.15, -0.1) is 0 Å². The SMILES string of the molecule is N#CCc1ncc(Cl)cc1-c1cc(Cl)c(Cl)c(Cl)c1. The fourth-order valence-electron chi connectivity index (χ4n) is 1.64. The molecule has 2 nitrogen and oxygen atoms in total. The van der Waals surface area contributed by atoms with Gasteiger partial charge in [-0.25, -0.2) is 0 Å². The second-order valence-corrected chi connectivity index (χ2v) is 5.37. The Hall–Kier alpha value is -0.980. The van der Waals surface area contributed by atoms with Crippen LogP contribution in [0.1, 0.15) is 5.69 Å². The lowest BCUT2D eigenvalue weighted by Gasteiger charge is -2.09. The maximum absolute atomic E-state index is 8.82. The van der Waals surface area contributed by atoms with E-state index >= 15 is 0 Å². The van der Waals surface area contributed by atoms with Crippen molar-refractivity contribution in [3.63, 3.8) is 0 Å². The molecule has 1 aromatic heterocycles. The minimum atomic E-state index is 0.171. The molecule has 0 N–H and O–H groups in total. The molecular weight excluding hydrogens is 326 g/mol. The summed E-state index contributed by atoms with van der Waals surface area (Å²) in [5, 5.41) is 10.3. The van der Waals surface area contributed by atoms with Gasteiger partial charge < -0.3 is 0 Å². The van der Waals surface area contributed by atoms with Gasteiger partial charge in [0.25, 0.3) is 0 Å². The Labute approximate surface area is 130 Å². The quantitative estimate of drug-likeness (QED) is 0.688. The Kier molecular flexibility index (Phi) is 4.54. The molecule has 1 heterocycles. The van der Waals surface area contributed by atoms with Crippen molar-refractivity contribution in [2.45, 2.75) is 6.42 Å². The molecule has 0 unspecified atom stereocenters. The smallest absolute Gasteiger partial charge is 0.0781 e. The largest absolute Gasteiger partial charge is 0.258 e. The van der Waals surface area contributed by atoms with Crippen LogP contribution in [0, 0.1) is 11.3 Å². The van der Waals surface area contributed by atoms with Crippen molar-refractivity contribution < 1.29 is 0 Å². The molecule has 0 saturated heterocycles. The fraction of sp³-hybridized carbons (Fsp3) is 0.0769. The van der Waals surface area contributed by atoms with Crippen LogP contribution in [0.4, 0.5) is 0 Å². The zero-order valence-electron chi connectivity index (χ0n) is 9.42. The van der Waals surface area contributed by atoms with Crippen molar-refractivity contribution in [2.24, 2.45) is 0 Å². The molecule has 0 aliphatic carbocycles. The summed E-state index contributed by atoms with van der Waals surface area (Å²) in [7, 11) is 0. The van der Waals surface area contributed by atoms with Crippen LogP contribution in [-0.2, 0) is 6.42 Å². The van der Waals surface area contributed by atoms with E-state index in [-0.39, 0.29) is 6.42 Å². The van der Waals surface area contributed by atoms with E-state index in [0.29, 0.717) is 25.8 Å². The Morgan fingerprint density at radius 3 is 2.26 bits per heavy atom. The van der Waals surface area contributed by atoms with Gasteiger partial charge in [0.05, 0.1) is 38.3 Å². The van der Waals surface area contributed by atoms with Crippen LogP contribution >= 0.6 is 46.4 Å². The van der Waals surface area contributed by atoms with E-state index in [1.807, 2.05) is 0 Å². The predicted octanol–water partition coefficient (Wildman–Crippen LogP) is 5.43. The van der Waals surface area contributed by atoms with Crippen molar-refractivity contribution in [1.29, 1.82) is 5.26 Å². The highest BCUT2D eigenvalue weighted by Crippen LogP contribution is 2.36. The number of halogens is 4. The number of nitriles is 1. The third-order valence-electron chi connectivity index (χ3n) is 2.48. The van der Waals surface area contributed by atoms with Crippen molar-refractivity contribution in [3.05, 3.63) is 50.2 Å². The topological polar surface area (TPSA) is 36.7 Å². The van der Waals surface area contributed by atoms with Crippen molar-refractivity contribution >= 4 is 46.4 Å². The van der Waals surface area contributed by atoms with E-state index in [2.05, 4.69) is 11.1 Å². The minimum Gasteiger partial charge on any atom is -0.258 e. The minimum absolute atomic E-state index is 0.171. The molecule has 0 amide bonds. The van der Waals surface area contributed by atoms with Crippen molar-refractivity contribution in [3.8, 4) is 17.2 Å². The second-order valence-electron chi connectivity index (χ2n) is 3.74. The molecule has 0 saturated carbocycles. The molecule has 96 valence electrons. The first kappa shape index (κ1) is 14.4. The third kappa shape index (κ3) is 3.13. The highest BCUT2D eigenvalue weighted by Gasteiger charge is 2.12. The van der Waals surface area contributed by atoms with E-state index in [1.54, 1.807) is 18.2 Å². The molecule has 0 bridgehead atoms. The van der Waals surface area contributed by atoms with Crippen LogP contribution < -0.4 is 0 Å². The average Bonchev–Trinajstić information content (AvgIpc) is 2.37. The molecule has 0 fully saturated rings. The average molecular weight is 332 g/mol. The van der Waals surface area contributed by atoms with Gasteiger partial charge in [0.2, 0.25) is 0 Å². The second kappa shape index (κ2) is 5.98. The van der Waals surface area contributed by atoms with E-state index in [1.165, 1.54) is 6.20 Å². The number of hydrogen-bond donors (Lipinski definition) is 0. The summed E-state index contributed by atoms with van der Waals surface area (Å²) >= 11 is 23.9. The maximum Gasteiger partial charge on any atom is 0.0781 e. The monoisotopic (exact) mass is 330 g/mol. The van der Waals surface area contributed by atoms with E-state index in [9.17, 15) is 0 Å². The summed E-state index contributed by atoms with van der Waals surface area (Å²) < 4.78 is 0. The summed E-state index contributed by atoms with van der Waals surface area (Å²) in [5.74, 6) is 0. The number of benzene rings is 1. The Bertz CT molecular complexity index is 654. The number of pyridine rings is 1. The highest BCUT2D eigenvalue weighted by molar-refractivity contribution is 6.48.